The normalized spacial score (nSPS) is 10.4. The quantitative estimate of drug-likeness (QED) is 0.803. The van der Waals surface area contributed by atoms with E-state index in [4.69, 9.17) is 16.2 Å². The zero-order valence-electron chi connectivity index (χ0n) is 11.8. The van der Waals surface area contributed by atoms with Gasteiger partial charge in [-0.3, -0.25) is 4.79 Å². The van der Waals surface area contributed by atoms with Gasteiger partial charge in [0, 0.05) is 22.6 Å². The smallest absolute Gasteiger partial charge is 0.248 e. The Bertz CT molecular complexity index is 627. The monoisotopic (exact) mass is 302 g/mol. The molecule has 0 atom stereocenters. The third-order valence-electron chi connectivity index (χ3n) is 2.96. The molecule has 0 heterocycles. The fourth-order valence-corrected chi connectivity index (χ4v) is 2.79. The van der Waals surface area contributed by atoms with E-state index in [1.54, 1.807) is 36.0 Å². The molecule has 110 valence electrons. The molecule has 0 unspecified atom stereocenters. The van der Waals surface area contributed by atoms with Crippen molar-refractivity contribution in [2.45, 2.75) is 18.4 Å². The molecular weight excluding hydrogens is 284 g/mol. The van der Waals surface area contributed by atoms with Crippen molar-refractivity contribution in [3.05, 3.63) is 53.6 Å². The van der Waals surface area contributed by atoms with Crippen LogP contribution in [-0.2, 0) is 6.54 Å². The minimum absolute atomic E-state index is 0.415. The number of carbonyl (C=O) groups excluding carboxylic acids is 1. The number of primary amides is 1. The van der Waals surface area contributed by atoms with Crippen LogP contribution in [0.5, 0.6) is 11.5 Å². The lowest BCUT2D eigenvalue weighted by Gasteiger charge is -2.13. The van der Waals surface area contributed by atoms with Crippen LogP contribution >= 0.6 is 11.8 Å². The highest BCUT2D eigenvalue weighted by Crippen LogP contribution is 2.32. The zero-order chi connectivity index (χ0) is 15.2. The average Bonchev–Trinajstić information content (AvgIpc) is 2.48. The molecule has 0 saturated carbocycles. The molecule has 4 nitrogen and oxygen atoms in total. The number of nitrogens with two attached hydrogens (primary N) is 2. The Kier molecular flexibility index (Phi) is 5.25. The molecule has 2 rings (SSSR count). The second-order valence-electron chi connectivity index (χ2n) is 4.36. The van der Waals surface area contributed by atoms with Crippen molar-refractivity contribution in [3.8, 4) is 11.5 Å². The van der Waals surface area contributed by atoms with Crippen molar-refractivity contribution in [1.82, 2.24) is 0 Å². The standard InChI is InChI=1S/C16H18N2O2S/c1-2-21-15-5-3-4-14(13(15)10-17)20-12-8-6-11(7-9-12)16(18)19/h3-9H,2,10,17H2,1H3,(H2,18,19). The van der Waals surface area contributed by atoms with Crippen molar-refractivity contribution in [2.75, 3.05) is 5.75 Å². The molecular formula is C16H18N2O2S. The summed E-state index contributed by atoms with van der Waals surface area (Å²) in [6.07, 6.45) is 0. The summed E-state index contributed by atoms with van der Waals surface area (Å²) in [7, 11) is 0. The predicted octanol–water partition coefficient (Wildman–Crippen LogP) is 3.15. The summed E-state index contributed by atoms with van der Waals surface area (Å²) in [4.78, 5) is 12.2. The number of amides is 1. The van der Waals surface area contributed by atoms with Gasteiger partial charge in [-0.2, -0.15) is 0 Å². The fourth-order valence-electron chi connectivity index (χ4n) is 1.95. The maximum Gasteiger partial charge on any atom is 0.248 e. The molecule has 2 aromatic rings. The fraction of sp³-hybridized carbons (Fsp3) is 0.188. The van der Waals surface area contributed by atoms with Crippen LogP contribution in [0.3, 0.4) is 0 Å². The highest BCUT2D eigenvalue weighted by molar-refractivity contribution is 7.99. The van der Waals surface area contributed by atoms with Gasteiger partial charge in [0.1, 0.15) is 11.5 Å². The Morgan fingerprint density at radius 2 is 1.90 bits per heavy atom. The summed E-state index contributed by atoms with van der Waals surface area (Å²) >= 11 is 1.74. The SMILES string of the molecule is CCSc1cccc(Oc2ccc(C(N)=O)cc2)c1CN. The molecule has 5 heteroatoms. The predicted molar refractivity (Wildman–Crippen MR) is 85.8 cm³/mol. The van der Waals surface area contributed by atoms with Gasteiger partial charge in [0.25, 0.3) is 0 Å². The van der Waals surface area contributed by atoms with Crippen LogP contribution in [0.2, 0.25) is 0 Å². The lowest BCUT2D eigenvalue weighted by molar-refractivity contribution is 0.100. The summed E-state index contributed by atoms with van der Waals surface area (Å²) in [5, 5.41) is 0. The Morgan fingerprint density at radius 1 is 1.19 bits per heavy atom. The molecule has 1 amide bonds. The third-order valence-corrected chi connectivity index (χ3v) is 3.94. The zero-order valence-corrected chi connectivity index (χ0v) is 12.7. The van der Waals surface area contributed by atoms with Crippen LogP contribution in [0, 0.1) is 0 Å². The number of benzene rings is 2. The second-order valence-corrected chi connectivity index (χ2v) is 5.67. The van der Waals surface area contributed by atoms with Crippen LogP contribution in [0.15, 0.2) is 47.4 Å². The summed E-state index contributed by atoms with van der Waals surface area (Å²) in [6.45, 7) is 2.51. The van der Waals surface area contributed by atoms with Crippen molar-refractivity contribution < 1.29 is 9.53 Å². The third kappa shape index (κ3) is 3.77. The number of ether oxygens (including phenoxy) is 1. The highest BCUT2D eigenvalue weighted by Gasteiger charge is 2.09. The molecule has 0 bridgehead atoms. The summed E-state index contributed by atoms with van der Waals surface area (Å²) in [5.74, 6) is 1.91. The van der Waals surface area contributed by atoms with Gasteiger partial charge in [0.05, 0.1) is 0 Å². The molecule has 0 aliphatic carbocycles. The van der Waals surface area contributed by atoms with Gasteiger partial charge in [0.15, 0.2) is 0 Å². The lowest BCUT2D eigenvalue weighted by atomic mass is 10.2. The summed E-state index contributed by atoms with van der Waals surface area (Å²) in [6, 6.07) is 12.6. The van der Waals surface area contributed by atoms with Crippen LogP contribution in [-0.4, -0.2) is 11.7 Å². The van der Waals surface area contributed by atoms with E-state index in [1.807, 2.05) is 18.2 Å². The van der Waals surface area contributed by atoms with E-state index in [0.717, 1.165) is 22.0 Å². The Hall–Kier alpha value is -1.98. The molecule has 0 aromatic heterocycles. The summed E-state index contributed by atoms with van der Waals surface area (Å²) in [5.41, 5.74) is 12.5. The van der Waals surface area contributed by atoms with Gasteiger partial charge in [-0.1, -0.05) is 13.0 Å². The van der Waals surface area contributed by atoms with Gasteiger partial charge in [-0.15, -0.1) is 11.8 Å². The van der Waals surface area contributed by atoms with Crippen molar-refractivity contribution >= 4 is 17.7 Å². The van der Waals surface area contributed by atoms with Gasteiger partial charge in [-0.05, 0) is 42.2 Å². The minimum Gasteiger partial charge on any atom is -0.457 e. The first kappa shape index (κ1) is 15.4. The first-order valence-electron chi connectivity index (χ1n) is 6.68. The molecule has 21 heavy (non-hydrogen) atoms. The maximum atomic E-state index is 11.0. The van der Waals surface area contributed by atoms with E-state index in [1.165, 1.54) is 0 Å². The average molecular weight is 302 g/mol. The number of hydrogen-bond acceptors (Lipinski definition) is 4. The summed E-state index contributed by atoms with van der Waals surface area (Å²) < 4.78 is 5.88. The van der Waals surface area contributed by atoms with Gasteiger partial charge in [-0.25, -0.2) is 0 Å². The maximum absolute atomic E-state index is 11.0. The Balaban J connectivity index is 2.26. The van der Waals surface area contributed by atoms with Crippen LogP contribution in [0.4, 0.5) is 0 Å². The number of hydrogen-bond donors (Lipinski definition) is 2. The first-order chi connectivity index (χ1) is 10.2. The van der Waals surface area contributed by atoms with E-state index < -0.39 is 5.91 Å². The molecule has 0 aliphatic rings. The van der Waals surface area contributed by atoms with E-state index in [2.05, 4.69) is 6.92 Å². The van der Waals surface area contributed by atoms with Crippen LogP contribution < -0.4 is 16.2 Å². The molecule has 0 aliphatic heterocycles. The Morgan fingerprint density at radius 3 is 2.48 bits per heavy atom. The van der Waals surface area contributed by atoms with E-state index in [0.29, 0.717) is 17.9 Å². The van der Waals surface area contributed by atoms with E-state index >= 15 is 0 Å². The number of rotatable bonds is 6. The van der Waals surface area contributed by atoms with Crippen molar-refractivity contribution in [1.29, 1.82) is 0 Å². The molecule has 0 saturated heterocycles. The highest BCUT2D eigenvalue weighted by atomic mass is 32.2. The van der Waals surface area contributed by atoms with Crippen LogP contribution in [0.25, 0.3) is 0 Å². The largest absolute Gasteiger partial charge is 0.457 e. The van der Waals surface area contributed by atoms with E-state index in [9.17, 15) is 4.79 Å². The lowest BCUT2D eigenvalue weighted by Crippen LogP contribution is -2.10. The minimum atomic E-state index is -0.453. The topological polar surface area (TPSA) is 78.3 Å². The number of carbonyl (C=O) groups is 1. The van der Waals surface area contributed by atoms with Gasteiger partial charge >= 0.3 is 0 Å². The Labute approximate surface area is 128 Å². The van der Waals surface area contributed by atoms with Crippen LogP contribution in [0.1, 0.15) is 22.8 Å². The molecule has 0 fully saturated rings. The van der Waals surface area contributed by atoms with Gasteiger partial charge in [0.2, 0.25) is 5.91 Å². The van der Waals surface area contributed by atoms with E-state index in [-0.39, 0.29) is 0 Å². The van der Waals surface area contributed by atoms with Gasteiger partial charge < -0.3 is 16.2 Å². The van der Waals surface area contributed by atoms with Crippen molar-refractivity contribution in [2.24, 2.45) is 11.5 Å². The molecule has 0 spiro atoms. The molecule has 0 radical (unpaired) electrons. The molecule has 4 N–H and O–H groups in total. The van der Waals surface area contributed by atoms with Crippen molar-refractivity contribution in [3.63, 3.8) is 0 Å². The second kappa shape index (κ2) is 7.15. The first-order valence-corrected chi connectivity index (χ1v) is 7.66. The molecule has 2 aromatic carbocycles. The number of thioether (sulfide) groups is 1.